The molecule has 1 rings (SSSR count). The molecule has 0 saturated carbocycles. The summed E-state index contributed by atoms with van der Waals surface area (Å²) in [5.74, 6) is 0.867. The first kappa shape index (κ1) is 6.38. The van der Waals surface area contributed by atoms with E-state index in [1.165, 1.54) is 5.32 Å². The fourth-order valence-electron chi connectivity index (χ4n) is 0.761. The minimum atomic E-state index is 0.867. The van der Waals surface area contributed by atoms with Crippen LogP contribution >= 0.6 is 0 Å². The van der Waals surface area contributed by atoms with E-state index >= 15 is 0 Å². The van der Waals surface area contributed by atoms with Crippen LogP contribution in [0.2, 0.25) is 10.1 Å². The summed E-state index contributed by atoms with van der Waals surface area (Å²) in [5, 5.41) is 1.45. The van der Waals surface area contributed by atoms with Crippen molar-refractivity contribution < 1.29 is 0 Å². The van der Waals surface area contributed by atoms with Crippen LogP contribution in [0, 0.1) is 5.92 Å². The van der Waals surface area contributed by atoms with Gasteiger partial charge in [0.2, 0.25) is 0 Å². The van der Waals surface area contributed by atoms with Crippen LogP contribution in [0.5, 0.6) is 0 Å². The third-order valence-electron chi connectivity index (χ3n) is 1.33. The third-order valence-corrected chi connectivity index (χ3v) is 4.27. The van der Waals surface area contributed by atoms with E-state index in [9.17, 15) is 0 Å². The Bertz CT molecular complexity index is 84.6. The molecule has 1 heteroatoms. The van der Waals surface area contributed by atoms with Crippen molar-refractivity contribution in [3.8, 4) is 0 Å². The molecule has 0 N–H and O–H groups in total. The Labute approximate surface area is 57.5 Å². The van der Waals surface area contributed by atoms with E-state index in [2.05, 4.69) is 26.0 Å². The van der Waals surface area contributed by atoms with E-state index in [1.807, 2.05) is 0 Å². The Morgan fingerprint density at radius 3 is 2.50 bits per heavy atom. The van der Waals surface area contributed by atoms with Crippen molar-refractivity contribution in [2.45, 2.75) is 24.0 Å². The zero-order chi connectivity index (χ0) is 5.98. The zero-order valence-electron chi connectivity index (χ0n) is 5.42. The first-order valence-corrected chi connectivity index (χ1v) is 5.29. The summed E-state index contributed by atoms with van der Waals surface area (Å²) in [6.07, 6.45) is 4.70. The first-order valence-electron chi connectivity index (χ1n) is 3.09. The molecule has 0 aromatic carbocycles. The minimum absolute atomic E-state index is 0.867. The molecule has 0 unspecified atom stereocenters. The molecule has 0 nitrogen and oxygen atoms in total. The Balaban J connectivity index is 2.42. The molecule has 46 valence electrons. The molecule has 1 aliphatic rings. The molecule has 0 bridgehead atoms. The van der Waals surface area contributed by atoms with Crippen LogP contribution in [-0.2, 0) is 0 Å². The number of rotatable bonds is 0. The van der Waals surface area contributed by atoms with Crippen LogP contribution in [0.25, 0.3) is 0 Å². The molecule has 0 aliphatic carbocycles. The van der Waals surface area contributed by atoms with Crippen LogP contribution < -0.4 is 0 Å². The molecule has 0 aromatic rings. The molecule has 1 aliphatic heterocycles. The van der Waals surface area contributed by atoms with Gasteiger partial charge in [-0.15, -0.1) is 0 Å². The summed E-state index contributed by atoms with van der Waals surface area (Å²) in [6, 6.07) is 0. The van der Waals surface area contributed by atoms with Gasteiger partial charge in [0.15, 0.2) is 0 Å². The molecule has 2 atom stereocenters. The molecule has 1 heterocycles. The van der Waals surface area contributed by atoms with Gasteiger partial charge < -0.3 is 0 Å². The van der Waals surface area contributed by atoms with Gasteiger partial charge in [-0.2, -0.15) is 0 Å². The average molecular weight is 175 g/mol. The summed E-state index contributed by atoms with van der Waals surface area (Å²) in [5.41, 5.74) is 0. The molecular formula is C7H12Se. The van der Waals surface area contributed by atoms with Gasteiger partial charge in [0.25, 0.3) is 0 Å². The van der Waals surface area contributed by atoms with E-state index in [0.29, 0.717) is 0 Å². The predicted octanol–water partition coefficient (Wildman–Crippen LogP) is 2.12. The molecular weight excluding hydrogens is 163 g/mol. The van der Waals surface area contributed by atoms with Crippen LogP contribution in [0.4, 0.5) is 0 Å². The second kappa shape index (κ2) is 2.70. The summed E-state index contributed by atoms with van der Waals surface area (Å²) in [4.78, 5) is 0.902. The van der Waals surface area contributed by atoms with Crippen molar-refractivity contribution in [3.05, 3.63) is 12.2 Å². The molecule has 0 radical (unpaired) electrons. The Kier molecular flexibility index (Phi) is 2.16. The van der Waals surface area contributed by atoms with E-state index in [0.717, 1.165) is 25.7 Å². The number of hydrogen-bond acceptors (Lipinski definition) is 0. The second-order valence-corrected chi connectivity index (χ2v) is 5.36. The fourth-order valence-corrected chi connectivity index (χ4v) is 2.69. The molecule has 8 heavy (non-hydrogen) atoms. The topological polar surface area (TPSA) is 0 Å². The summed E-state index contributed by atoms with van der Waals surface area (Å²) >= 11 is 0.897. The normalized spacial score (nSPS) is 37.8. The Hall–Kier alpha value is 0.259. The van der Waals surface area contributed by atoms with Crippen molar-refractivity contribution in [1.82, 2.24) is 0 Å². The maximum atomic E-state index is 2.36. The standard InChI is InChI=1S/C7H12Se/c1-6-3-4-7(2)8-5-6/h3-4,6-7H,5H2,1-2H3/t6-,7+/m0/s1. The number of hydrogen-bond donors (Lipinski definition) is 0. The van der Waals surface area contributed by atoms with Gasteiger partial charge in [0, 0.05) is 0 Å². The second-order valence-electron chi connectivity index (χ2n) is 2.40. The van der Waals surface area contributed by atoms with Crippen molar-refractivity contribution in [1.29, 1.82) is 0 Å². The maximum absolute atomic E-state index is 2.36. The Morgan fingerprint density at radius 2 is 2.12 bits per heavy atom. The molecule has 0 saturated heterocycles. The van der Waals surface area contributed by atoms with Crippen LogP contribution in [-0.4, -0.2) is 15.0 Å². The van der Waals surface area contributed by atoms with Crippen molar-refractivity contribution in [2.24, 2.45) is 5.92 Å². The summed E-state index contributed by atoms with van der Waals surface area (Å²) in [7, 11) is 0. The average Bonchev–Trinajstić information content (AvgIpc) is 1.77. The van der Waals surface area contributed by atoms with E-state index in [-0.39, 0.29) is 0 Å². The van der Waals surface area contributed by atoms with Gasteiger partial charge in [-0.05, 0) is 0 Å². The zero-order valence-corrected chi connectivity index (χ0v) is 7.14. The molecule has 0 fully saturated rings. The van der Waals surface area contributed by atoms with Crippen LogP contribution in [0.3, 0.4) is 0 Å². The van der Waals surface area contributed by atoms with Crippen molar-refractivity contribution in [2.75, 3.05) is 0 Å². The fraction of sp³-hybridized carbons (Fsp3) is 0.714. The summed E-state index contributed by atoms with van der Waals surface area (Å²) in [6.45, 7) is 4.60. The molecule has 0 spiro atoms. The van der Waals surface area contributed by atoms with E-state index in [1.54, 1.807) is 0 Å². The quantitative estimate of drug-likeness (QED) is 0.390. The predicted molar refractivity (Wildman–Crippen MR) is 38.3 cm³/mol. The monoisotopic (exact) mass is 176 g/mol. The van der Waals surface area contributed by atoms with Gasteiger partial charge in [0.05, 0.1) is 0 Å². The van der Waals surface area contributed by atoms with Crippen molar-refractivity contribution >= 4 is 15.0 Å². The first-order chi connectivity index (χ1) is 3.79. The van der Waals surface area contributed by atoms with Gasteiger partial charge in [-0.25, -0.2) is 0 Å². The molecule has 0 amide bonds. The Morgan fingerprint density at radius 1 is 1.38 bits per heavy atom. The molecule has 0 aromatic heterocycles. The van der Waals surface area contributed by atoms with Crippen molar-refractivity contribution in [3.63, 3.8) is 0 Å². The van der Waals surface area contributed by atoms with Gasteiger partial charge in [0.1, 0.15) is 0 Å². The van der Waals surface area contributed by atoms with Gasteiger partial charge >= 0.3 is 57.0 Å². The van der Waals surface area contributed by atoms with E-state index in [4.69, 9.17) is 0 Å². The van der Waals surface area contributed by atoms with Crippen LogP contribution in [0.15, 0.2) is 12.2 Å². The van der Waals surface area contributed by atoms with Crippen LogP contribution in [0.1, 0.15) is 13.8 Å². The third kappa shape index (κ3) is 1.65. The summed E-state index contributed by atoms with van der Waals surface area (Å²) < 4.78 is 0. The van der Waals surface area contributed by atoms with Gasteiger partial charge in [-0.3, -0.25) is 0 Å². The number of allylic oxidation sites excluding steroid dienone is 2. The SMILES string of the molecule is C[C@@H]1C=C[C@H](C)C[Se]1. The van der Waals surface area contributed by atoms with E-state index < -0.39 is 0 Å². The van der Waals surface area contributed by atoms with Gasteiger partial charge in [-0.1, -0.05) is 0 Å².